The van der Waals surface area contributed by atoms with Gasteiger partial charge in [-0.25, -0.2) is 0 Å². The van der Waals surface area contributed by atoms with Gasteiger partial charge in [0, 0.05) is 5.92 Å². The van der Waals surface area contributed by atoms with Crippen molar-refractivity contribution in [2.24, 2.45) is 5.41 Å². The Labute approximate surface area is 181 Å². The first kappa shape index (κ1) is 19.0. The van der Waals surface area contributed by atoms with Gasteiger partial charge in [-0.1, -0.05) is 97.6 Å². The SMILES string of the molecule is C=C1C(/C=C/c2ccccc2)=CC(c2ccccc2)C12C(=O)Oc1ccccc1C2=O. The summed E-state index contributed by atoms with van der Waals surface area (Å²) >= 11 is 0. The van der Waals surface area contributed by atoms with Gasteiger partial charge < -0.3 is 4.74 Å². The molecule has 0 saturated heterocycles. The van der Waals surface area contributed by atoms with Crippen LogP contribution in [-0.4, -0.2) is 11.8 Å². The van der Waals surface area contributed by atoms with E-state index in [0.717, 1.165) is 16.7 Å². The van der Waals surface area contributed by atoms with Gasteiger partial charge >= 0.3 is 5.97 Å². The Morgan fingerprint density at radius 3 is 2.19 bits per heavy atom. The van der Waals surface area contributed by atoms with Crippen LogP contribution in [0.3, 0.4) is 0 Å². The van der Waals surface area contributed by atoms with E-state index in [9.17, 15) is 9.59 Å². The number of hydrogen-bond acceptors (Lipinski definition) is 3. The molecule has 0 fully saturated rings. The lowest BCUT2D eigenvalue weighted by Crippen LogP contribution is -2.48. The summed E-state index contributed by atoms with van der Waals surface area (Å²) in [6.07, 6.45) is 5.85. The number of Topliss-reactive ketones (excluding diaryl/α,β-unsaturated/α-hetero) is 1. The zero-order valence-electron chi connectivity index (χ0n) is 16.8. The molecule has 2 atom stereocenters. The number of para-hydroxylation sites is 1. The molecule has 5 rings (SSSR count). The lowest BCUT2D eigenvalue weighted by Gasteiger charge is -2.37. The second-order valence-electron chi connectivity index (χ2n) is 7.76. The lowest BCUT2D eigenvalue weighted by molar-refractivity contribution is -0.142. The van der Waals surface area contributed by atoms with Crippen molar-refractivity contribution in [2.45, 2.75) is 5.92 Å². The van der Waals surface area contributed by atoms with Gasteiger partial charge in [0.15, 0.2) is 11.2 Å². The molecule has 0 N–H and O–H groups in total. The van der Waals surface area contributed by atoms with Crippen molar-refractivity contribution >= 4 is 17.8 Å². The summed E-state index contributed by atoms with van der Waals surface area (Å²) in [5.41, 5.74) is 2.03. The molecule has 0 bridgehead atoms. The maximum Gasteiger partial charge on any atom is 0.330 e. The average molecular weight is 404 g/mol. The van der Waals surface area contributed by atoms with E-state index in [1.807, 2.05) is 78.9 Å². The van der Waals surface area contributed by atoms with E-state index in [0.29, 0.717) is 16.9 Å². The van der Waals surface area contributed by atoms with Crippen LogP contribution >= 0.6 is 0 Å². The standard InChI is InChI=1S/C28H20O3/c1-19-22(17-16-20-10-4-2-5-11-20)18-24(21-12-6-3-7-13-21)28(19)26(29)23-14-8-9-15-25(23)31-27(28)30/h2-18,24H,1H2/b17-16+. The van der Waals surface area contributed by atoms with Crippen molar-refractivity contribution in [3.8, 4) is 5.75 Å². The highest BCUT2D eigenvalue weighted by atomic mass is 16.5. The van der Waals surface area contributed by atoms with Gasteiger partial charge in [0.25, 0.3) is 0 Å². The van der Waals surface area contributed by atoms with E-state index < -0.39 is 17.3 Å². The number of rotatable bonds is 3. The van der Waals surface area contributed by atoms with E-state index in [1.54, 1.807) is 24.3 Å². The number of fused-ring (bicyclic) bond motifs is 1. The molecule has 0 amide bonds. The molecule has 1 aliphatic heterocycles. The number of allylic oxidation sites excluding steroid dienone is 3. The quantitative estimate of drug-likeness (QED) is 0.316. The van der Waals surface area contributed by atoms with Gasteiger partial charge in [0.2, 0.25) is 0 Å². The Bertz CT molecular complexity index is 1250. The molecule has 0 aromatic heterocycles. The van der Waals surface area contributed by atoms with Crippen molar-refractivity contribution in [2.75, 3.05) is 0 Å². The fraction of sp³-hybridized carbons (Fsp3) is 0.0714. The Morgan fingerprint density at radius 1 is 0.806 bits per heavy atom. The minimum atomic E-state index is -1.51. The fourth-order valence-electron chi connectivity index (χ4n) is 4.49. The predicted molar refractivity (Wildman–Crippen MR) is 121 cm³/mol. The third-order valence-electron chi connectivity index (χ3n) is 6.07. The lowest BCUT2D eigenvalue weighted by atomic mass is 9.65. The fourth-order valence-corrected chi connectivity index (χ4v) is 4.49. The number of carbonyl (C=O) groups is 2. The smallest absolute Gasteiger partial charge is 0.330 e. The van der Waals surface area contributed by atoms with Crippen molar-refractivity contribution < 1.29 is 14.3 Å². The molecule has 3 heteroatoms. The second-order valence-corrected chi connectivity index (χ2v) is 7.76. The van der Waals surface area contributed by atoms with Gasteiger partial charge in [0.05, 0.1) is 5.56 Å². The van der Waals surface area contributed by atoms with Crippen LogP contribution in [0.5, 0.6) is 5.75 Å². The average Bonchev–Trinajstić information content (AvgIpc) is 3.11. The molecule has 1 heterocycles. The molecule has 2 unspecified atom stereocenters. The van der Waals surface area contributed by atoms with E-state index in [2.05, 4.69) is 6.58 Å². The monoisotopic (exact) mass is 404 g/mol. The molecule has 1 aliphatic carbocycles. The predicted octanol–water partition coefficient (Wildman–Crippen LogP) is 5.77. The molecule has 0 radical (unpaired) electrons. The van der Waals surface area contributed by atoms with Crippen molar-refractivity contribution in [1.29, 1.82) is 0 Å². The maximum absolute atomic E-state index is 13.8. The van der Waals surface area contributed by atoms with Crippen LogP contribution in [-0.2, 0) is 4.79 Å². The number of esters is 1. The summed E-state index contributed by atoms with van der Waals surface area (Å²) in [7, 11) is 0. The van der Waals surface area contributed by atoms with Gasteiger partial charge in [-0.3, -0.25) is 9.59 Å². The van der Waals surface area contributed by atoms with Gasteiger partial charge in [-0.15, -0.1) is 0 Å². The maximum atomic E-state index is 13.8. The molecule has 2 aliphatic rings. The number of ether oxygens (including phenoxy) is 1. The Kier molecular flexibility index (Phi) is 4.52. The van der Waals surface area contributed by atoms with Gasteiger partial charge in [-0.05, 0) is 34.4 Å². The summed E-state index contributed by atoms with van der Waals surface area (Å²) < 4.78 is 5.70. The first-order valence-electron chi connectivity index (χ1n) is 10.2. The summed E-state index contributed by atoms with van der Waals surface area (Å²) in [5, 5.41) is 0. The number of ketones is 1. The Morgan fingerprint density at radius 2 is 1.45 bits per heavy atom. The summed E-state index contributed by atoms with van der Waals surface area (Å²) in [6, 6.07) is 26.4. The van der Waals surface area contributed by atoms with Crippen LogP contribution in [0.25, 0.3) is 6.08 Å². The normalized spacial score (nSPS) is 22.5. The van der Waals surface area contributed by atoms with E-state index in [-0.39, 0.29) is 5.78 Å². The molecule has 0 saturated carbocycles. The summed E-state index contributed by atoms with van der Waals surface area (Å²) in [5.74, 6) is -1.03. The minimum Gasteiger partial charge on any atom is -0.425 e. The van der Waals surface area contributed by atoms with Crippen molar-refractivity contribution in [3.63, 3.8) is 0 Å². The molecule has 31 heavy (non-hydrogen) atoms. The number of hydrogen-bond donors (Lipinski definition) is 0. The first-order chi connectivity index (χ1) is 15.1. The number of benzene rings is 3. The highest BCUT2D eigenvalue weighted by Crippen LogP contribution is 2.56. The third-order valence-corrected chi connectivity index (χ3v) is 6.07. The molecular formula is C28H20O3. The van der Waals surface area contributed by atoms with Gasteiger partial charge in [0.1, 0.15) is 5.75 Å². The Hall–Kier alpha value is -3.98. The van der Waals surface area contributed by atoms with E-state index in [1.165, 1.54) is 0 Å². The third kappa shape index (κ3) is 2.89. The van der Waals surface area contributed by atoms with E-state index in [4.69, 9.17) is 4.74 Å². The van der Waals surface area contributed by atoms with Crippen LogP contribution in [0.15, 0.2) is 115 Å². The van der Waals surface area contributed by atoms with Crippen LogP contribution < -0.4 is 4.74 Å². The highest BCUT2D eigenvalue weighted by molar-refractivity contribution is 6.21. The van der Waals surface area contributed by atoms with Crippen LogP contribution in [0.4, 0.5) is 0 Å². The molecule has 150 valence electrons. The summed E-state index contributed by atoms with van der Waals surface area (Å²) in [4.78, 5) is 27.3. The zero-order valence-corrected chi connectivity index (χ0v) is 16.8. The topological polar surface area (TPSA) is 43.4 Å². The Balaban J connectivity index is 1.66. The molecule has 1 spiro atoms. The number of carbonyl (C=O) groups excluding carboxylic acids is 2. The second kappa shape index (κ2) is 7.37. The van der Waals surface area contributed by atoms with Crippen molar-refractivity contribution in [3.05, 3.63) is 131 Å². The first-order valence-corrected chi connectivity index (χ1v) is 10.2. The van der Waals surface area contributed by atoms with Crippen LogP contribution in [0.2, 0.25) is 0 Å². The molecule has 3 aromatic carbocycles. The largest absolute Gasteiger partial charge is 0.425 e. The molecule has 3 aromatic rings. The molecule has 3 nitrogen and oxygen atoms in total. The van der Waals surface area contributed by atoms with E-state index >= 15 is 0 Å². The van der Waals surface area contributed by atoms with Crippen LogP contribution in [0, 0.1) is 5.41 Å². The summed E-state index contributed by atoms with van der Waals surface area (Å²) in [6.45, 7) is 4.23. The van der Waals surface area contributed by atoms with Crippen molar-refractivity contribution in [1.82, 2.24) is 0 Å². The minimum absolute atomic E-state index is 0.266. The zero-order chi connectivity index (χ0) is 21.4. The van der Waals surface area contributed by atoms with Crippen LogP contribution in [0.1, 0.15) is 27.4 Å². The molecular weight excluding hydrogens is 384 g/mol. The highest BCUT2D eigenvalue weighted by Gasteiger charge is 2.61. The van der Waals surface area contributed by atoms with Gasteiger partial charge in [-0.2, -0.15) is 0 Å².